The van der Waals surface area contributed by atoms with Crippen molar-refractivity contribution in [3.63, 3.8) is 0 Å². The molecule has 1 rings (SSSR count). The number of rotatable bonds is 12. The predicted octanol–water partition coefficient (Wildman–Crippen LogP) is 5.47. The highest BCUT2D eigenvalue weighted by molar-refractivity contribution is 6.13. The van der Waals surface area contributed by atoms with E-state index in [1.807, 2.05) is 13.0 Å². The van der Waals surface area contributed by atoms with E-state index in [-0.39, 0.29) is 22.9 Å². The monoisotopic (exact) mass is 364 g/mol. The molecule has 4 heteroatoms. The summed E-state index contributed by atoms with van der Waals surface area (Å²) in [5, 5.41) is 10.4. The highest BCUT2D eigenvalue weighted by atomic mass is 16.5. The van der Waals surface area contributed by atoms with Crippen molar-refractivity contribution >= 4 is 11.6 Å². The molecule has 0 aromatic rings. The van der Waals surface area contributed by atoms with Crippen molar-refractivity contribution < 1.29 is 19.4 Å². The summed E-state index contributed by atoms with van der Waals surface area (Å²) in [6, 6.07) is 0. The lowest BCUT2D eigenvalue weighted by Crippen LogP contribution is -2.43. The van der Waals surface area contributed by atoms with Crippen LogP contribution in [0.1, 0.15) is 85.5 Å². The number of unbranched alkanes of at least 4 members (excludes halogenated alkanes) is 3. The molecule has 0 amide bonds. The molecule has 0 aromatic carbocycles. The van der Waals surface area contributed by atoms with Gasteiger partial charge >= 0.3 is 0 Å². The first kappa shape index (κ1) is 22.6. The van der Waals surface area contributed by atoms with Crippen LogP contribution in [0.2, 0.25) is 0 Å². The van der Waals surface area contributed by atoms with Gasteiger partial charge in [-0.3, -0.25) is 9.59 Å². The summed E-state index contributed by atoms with van der Waals surface area (Å²) in [4.78, 5) is 25.6. The number of Topliss-reactive ketones (excluding diaryl/α,β-unsaturated/α-hetero) is 2. The number of ether oxygens (including phenoxy) is 1. The number of allylic oxidation sites excluding steroid dienone is 3. The van der Waals surface area contributed by atoms with Crippen LogP contribution >= 0.6 is 0 Å². The van der Waals surface area contributed by atoms with Gasteiger partial charge in [-0.15, -0.1) is 0 Å². The van der Waals surface area contributed by atoms with E-state index in [0.29, 0.717) is 19.4 Å². The Morgan fingerprint density at radius 1 is 1.04 bits per heavy atom. The number of aliphatic hydroxyl groups excluding tert-OH is 1. The minimum Gasteiger partial charge on any atom is -0.504 e. The fourth-order valence-corrected chi connectivity index (χ4v) is 3.28. The summed E-state index contributed by atoms with van der Waals surface area (Å²) in [6.07, 6.45) is 8.99. The molecule has 2 atom stereocenters. The zero-order chi connectivity index (χ0) is 19.5. The van der Waals surface area contributed by atoms with E-state index in [2.05, 4.69) is 20.8 Å². The number of ketones is 2. The van der Waals surface area contributed by atoms with Gasteiger partial charge in [-0.2, -0.15) is 0 Å². The number of aliphatic hydroxyl groups is 1. The van der Waals surface area contributed by atoms with Crippen LogP contribution in [0.25, 0.3) is 0 Å². The Hall–Kier alpha value is -1.42. The van der Waals surface area contributed by atoms with Crippen LogP contribution in [0.15, 0.2) is 23.0 Å². The smallest absolute Gasteiger partial charge is 0.203 e. The first-order valence-corrected chi connectivity index (χ1v) is 10.3. The van der Waals surface area contributed by atoms with Crippen LogP contribution < -0.4 is 0 Å². The van der Waals surface area contributed by atoms with Gasteiger partial charge in [0.15, 0.2) is 11.5 Å². The van der Waals surface area contributed by atoms with Crippen LogP contribution in [-0.2, 0) is 14.3 Å². The minimum atomic E-state index is -0.759. The molecule has 0 radical (unpaired) electrons. The normalized spacial score (nSPS) is 21.6. The van der Waals surface area contributed by atoms with Crippen molar-refractivity contribution in [2.45, 2.75) is 91.6 Å². The number of hydrogen-bond donors (Lipinski definition) is 1. The van der Waals surface area contributed by atoms with Crippen molar-refractivity contribution in [1.82, 2.24) is 0 Å². The van der Waals surface area contributed by atoms with Crippen LogP contribution in [0.4, 0.5) is 0 Å². The first-order chi connectivity index (χ1) is 12.5. The second kappa shape index (κ2) is 12.1. The van der Waals surface area contributed by atoms with E-state index in [4.69, 9.17) is 4.74 Å². The fraction of sp³-hybridized carbons (Fsp3) is 0.727. The van der Waals surface area contributed by atoms with E-state index in [0.717, 1.165) is 44.9 Å². The zero-order valence-corrected chi connectivity index (χ0v) is 17.0. The molecule has 1 aliphatic carbocycles. The average Bonchev–Trinajstić information content (AvgIpc) is 2.63. The summed E-state index contributed by atoms with van der Waals surface area (Å²) in [7, 11) is 0. The minimum absolute atomic E-state index is 0.198. The Balaban J connectivity index is 2.99. The van der Waals surface area contributed by atoms with E-state index in [1.54, 1.807) is 0 Å². The molecule has 148 valence electrons. The third-order valence-corrected chi connectivity index (χ3v) is 4.95. The van der Waals surface area contributed by atoms with Crippen LogP contribution in [0, 0.1) is 5.92 Å². The van der Waals surface area contributed by atoms with Crippen molar-refractivity contribution in [3.8, 4) is 0 Å². The molecule has 0 aromatic heterocycles. The predicted molar refractivity (Wildman–Crippen MR) is 105 cm³/mol. The third-order valence-electron chi connectivity index (χ3n) is 4.95. The van der Waals surface area contributed by atoms with Gasteiger partial charge in [0.05, 0.1) is 5.92 Å². The third kappa shape index (κ3) is 6.39. The van der Waals surface area contributed by atoms with Crippen molar-refractivity contribution in [1.29, 1.82) is 0 Å². The Kier molecular flexibility index (Phi) is 10.5. The summed E-state index contributed by atoms with van der Waals surface area (Å²) in [6.45, 7) is 8.71. The molecular formula is C22H36O4. The fourth-order valence-electron chi connectivity index (χ4n) is 3.28. The molecule has 0 bridgehead atoms. The maximum Gasteiger partial charge on any atom is 0.203 e. The molecule has 0 heterocycles. The Labute approximate surface area is 158 Å². The SMILES string of the molecule is CCCCCC1=C(O)C(=O)C(C/C=C(/C)CCCC)C(OCCC)C1=O. The summed E-state index contributed by atoms with van der Waals surface area (Å²) < 4.78 is 5.78. The lowest BCUT2D eigenvalue weighted by molar-refractivity contribution is -0.141. The Morgan fingerprint density at radius 2 is 1.73 bits per heavy atom. The van der Waals surface area contributed by atoms with Gasteiger partial charge < -0.3 is 9.84 Å². The number of carbonyl (C=O) groups excluding carboxylic acids is 2. The quantitative estimate of drug-likeness (QED) is 0.368. The molecule has 26 heavy (non-hydrogen) atoms. The van der Waals surface area contributed by atoms with E-state index in [9.17, 15) is 14.7 Å². The first-order valence-electron chi connectivity index (χ1n) is 10.3. The molecule has 0 spiro atoms. The standard InChI is InChI=1S/C22H36O4/c1-5-8-10-12-17-19(23)20(24)18(14-13-16(4)11-9-6-2)22(21(17)25)26-15-7-3/h13,18,22-23H,5-12,14-15H2,1-4H3/b16-13-. The van der Waals surface area contributed by atoms with Crippen molar-refractivity contribution in [2.75, 3.05) is 6.61 Å². The molecule has 0 saturated heterocycles. The topological polar surface area (TPSA) is 63.6 Å². The van der Waals surface area contributed by atoms with Crippen LogP contribution in [0.5, 0.6) is 0 Å². The second-order valence-corrected chi connectivity index (χ2v) is 7.30. The lowest BCUT2D eigenvalue weighted by atomic mass is 9.79. The maximum absolute atomic E-state index is 12.9. The lowest BCUT2D eigenvalue weighted by Gasteiger charge is -2.30. The van der Waals surface area contributed by atoms with E-state index in [1.165, 1.54) is 5.57 Å². The van der Waals surface area contributed by atoms with Crippen molar-refractivity contribution in [2.24, 2.45) is 5.92 Å². The van der Waals surface area contributed by atoms with Gasteiger partial charge in [0, 0.05) is 12.2 Å². The number of carbonyl (C=O) groups is 2. The van der Waals surface area contributed by atoms with E-state index >= 15 is 0 Å². The second-order valence-electron chi connectivity index (χ2n) is 7.30. The Morgan fingerprint density at radius 3 is 2.35 bits per heavy atom. The van der Waals surface area contributed by atoms with Gasteiger partial charge in [0.1, 0.15) is 6.10 Å². The highest BCUT2D eigenvalue weighted by Crippen LogP contribution is 2.31. The molecule has 1 N–H and O–H groups in total. The molecule has 0 aliphatic heterocycles. The number of hydrogen-bond acceptors (Lipinski definition) is 4. The molecular weight excluding hydrogens is 328 g/mol. The molecule has 4 nitrogen and oxygen atoms in total. The Bertz CT molecular complexity index is 530. The molecule has 0 saturated carbocycles. The van der Waals surface area contributed by atoms with Gasteiger partial charge in [-0.25, -0.2) is 0 Å². The summed E-state index contributed by atoms with van der Waals surface area (Å²) in [5.74, 6) is -1.47. The molecule has 0 fully saturated rings. The largest absolute Gasteiger partial charge is 0.504 e. The van der Waals surface area contributed by atoms with Gasteiger partial charge in [0.25, 0.3) is 0 Å². The van der Waals surface area contributed by atoms with Crippen molar-refractivity contribution in [3.05, 3.63) is 23.0 Å². The molecule has 2 unspecified atom stereocenters. The molecule has 1 aliphatic rings. The summed E-state index contributed by atoms with van der Waals surface area (Å²) >= 11 is 0. The van der Waals surface area contributed by atoms with Crippen LogP contribution in [-0.4, -0.2) is 29.4 Å². The van der Waals surface area contributed by atoms with Gasteiger partial charge in [-0.05, 0) is 45.4 Å². The van der Waals surface area contributed by atoms with Crippen LogP contribution in [0.3, 0.4) is 0 Å². The highest BCUT2D eigenvalue weighted by Gasteiger charge is 2.43. The maximum atomic E-state index is 12.9. The van der Waals surface area contributed by atoms with E-state index < -0.39 is 12.0 Å². The zero-order valence-electron chi connectivity index (χ0n) is 17.0. The average molecular weight is 365 g/mol. The van der Waals surface area contributed by atoms with Gasteiger partial charge in [-0.1, -0.05) is 51.7 Å². The summed E-state index contributed by atoms with van der Waals surface area (Å²) in [5.41, 5.74) is 1.49. The van der Waals surface area contributed by atoms with Gasteiger partial charge in [0.2, 0.25) is 5.78 Å².